The zero-order valence-corrected chi connectivity index (χ0v) is 20.0. The number of para-hydroxylation sites is 1. The van der Waals surface area contributed by atoms with Gasteiger partial charge in [0.1, 0.15) is 12.4 Å². The van der Waals surface area contributed by atoms with E-state index in [2.05, 4.69) is 17.3 Å². The third kappa shape index (κ3) is 7.65. The molecule has 1 saturated heterocycles. The number of ether oxygens (including phenoxy) is 4. The summed E-state index contributed by atoms with van der Waals surface area (Å²) in [5, 5.41) is 2.99. The summed E-state index contributed by atoms with van der Waals surface area (Å²) in [6.45, 7) is 3.66. The van der Waals surface area contributed by atoms with Crippen LogP contribution in [0.5, 0.6) is 17.2 Å². The molecule has 0 saturated carbocycles. The van der Waals surface area contributed by atoms with Gasteiger partial charge < -0.3 is 24.3 Å². The summed E-state index contributed by atoms with van der Waals surface area (Å²) in [6, 6.07) is 14.2. The van der Waals surface area contributed by atoms with Crippen LogP contribution in [0.25, 0.3) is 0 Å². The van der Waals surface area contributed by atoms with Crippen molar-refractivity contribution in [3.63, 3.8) is 0 Å². The van der Waals surface area contributed by atoms with E-state index in [1.54, 1.807) is 14.2 Å². The lowest BCUT2D eigenvalue weighted by Gasteiger charge is -2.31. The van der Waals surface area contributed by atoms with Gasteiger partial charge in [-0.25, -0.2) is 0 Å². The van der Waals surface area contributed by atoms with Gasteiger partial charge in [-0.05, 0) is 55.6 Å². The summed E-state index contributed by atoms with van der Waals surface area (Å²) in [4.78, 5) is 14.7. The number of rotatable bonds is 12. The molecule has 2 aromatic carbocycles. The second kappa shape index (κ2) is 13.1. The second-order valence-electron chi connectivity index (χ2n) is 8.25. The van der Waals surface area contributed by atoms with E-state index in [9.17, 15) is 4.79 Å². The largest absolute Gasteiger partial charge is 0.493 e. The summed E-state index contributed by atoms with van der Waals surface area (Å²) in [7, 11) is 5.36. The normalized spacial score (nSPS) is 14.2. The van der Waals surface area contributed by atoms with Crippen molar-refractivity contribution >= 4 is 5.91 Å². The Hall–Kier alpha value is -2.77. The highest BCUT2D eigenvalue weighted by Gasteiger charge is 2.18. The fourth-order valence-electron chi connectivity index (χ4n) is 4.05. The lowest BCUT2D eigenvalue weighted by Crippen LogP contribution is -2.38. The van der Waals surface area contributed by atoms with Crippen molar-refractivity contribution in [1.29, 1.82) is 0 Å². The van der Waals surface area contributed by atoms with Crippen LogP contribution < -0.4 is 19.5 Å². The van der Waals surface area contributed by atoms with E-state index >= 15 is 0 Å². The molecule has 0 atom stereocenters. The van der Waals surface area contributed by atoms with Gasteiger partial charge in [-0.3, -0.25) is 9.69 Å². The predicted octanol–water partition coefficient (Wildman–Crippen LogP) is 3.44. The van der Waals surface area contributed by atoms with E-state index in [0.29, 0.717) is 43.5 Å². The molecule has 1 aliphatic heterocycles. The topological polar surface area (TPSA) is 69.3 Å². The van der Waals surface area contributed by atoms with E-state index in [1.807, 2.05) is 42.5 Å². The first-order valence-electron chi connectivity index (χ1n) is 11.6. The van der Waals surface area contributed by atoms with E-state index in [0.717, 1.165) is 49.5 Å². The fraction of sp³-hybridized carbons (Fsp3) is 0.500. The number of carbonyl (C=O) groups excluding carboxylic acids is 1. The summed E-state index contributed by atoms with van der Waals surface area (Å²) in [5.41, 5.74) is 1.96. The second-order valence-corrected chi connectivity index (χ2v) is 8.25. The van der Waals surface area contributed by atoms with Gasteiger partial charge in [0.2, 0.25) is 5.91 Å². The minimum atomic E-state index is -0.00993. The fourth-order valence-corrected chi connectivity index (χ4v) is 4.05. The van der Waals surface area contributed by atoms with Crippen LogP contribution in [0, 0.1) is 0 Å². The van der Waals surface area contributed by atoms with Crippen molar-refractivity contribution < 1.29 is 23.7 Å². The van der Waals surface area contributed by atoms with Crippen molar-refractivity contribution in [2.45, 2.75) is 38.3 Å². The Morgan fingerprint density at radius 3 is 2.67 bits per heavy atom. The smallest absolute Gasteiger partial charge is 0.220 e. The highest BCUT2D eigenvalue weighted by Crippen LogP contribution is 2.31. The molecule has 0 spiro atoms. The molecule has 0 radical (unpaired) electrons. The first-order valence-corrected chi connectivity index (χ1v) is 11.6. The average Bonchev–Trinajstić information content (AvgIpc) is 2.86. The van der Waals surface area contributed by atoms with Gasteiger partial charge in [0.05, 0.1) is 14.2 Å². The molecule has 1 aliphatic rings. The third-order valence-corrected chi connectivity index (χ3v) is 6.02. The SMILES string of the molecule is COc1cccc(CCC(=O)NCc2cccc(OCCN(C)C3CCOCC3)c2)c1OC. The lowest BCUT2D eigenvalue weighted by atomic mass is 10.1. The van der Waals surface area contributed by atoms with Crippen LogP contribution in [0.1, 0.15) is 30.4 Å². The van der Waals surface area contributed by atoms with Crippen LogP contribution in [0.3, 0.4) is 0 Å². The van der Waals surface area contributed by atoms with E-state index in [-0.39, 0.29) is 5.91 Å². The quantitative estimate of drug-likeness (QED) is 0.528. The number of carbonyl (C=O) groups is 1. The van der Waals surface area contributed by atoms with Crippen LogP contribution in [0.15, 0.2) is 42.5 Å². The van der Waals surface area contributed by atoms with E-state index < -0.39 is 0 Å². The average molecular weight is 457 g/mol. The predicted molar refractivity (Wildman–Crippen MR) is 128 cm³/mol. The van der Waals surface area contributed by atoms with E-state index in [4.69, 9.17) is 18.9 Å². The Kier molecular flexibility index (Phi) is 9.84. The number of likely N-dealkylation sites (N-methyl/N-ethyl adjacent to an activating group) is 1. The molecule has 2 aromatic rings. The molecule has 33 heavy (non-hydrogen) atoms. The van der Waals surface area contributed by atoms with Gasteiger partial charge in [0.15, 0.2) is 11.5 Å². The third-order valence-electron chi connectivity index (χ3n) is 6.02. The molecule has 1 fully saturated rings. The van der Waals surface area contributed by atoms with Gasteiger partial charge in [-0.1, -0.05) is 24.3 Å². The van der Waals surface area contributed by atoms with Crippen LogP contribution in [-0.4, -0.2) is 64.5 Å². The standard InChI is InChI=1S/C26H36N2O5/c1-28(22-12-15-32-16-13-22)14-17-33-23-8-4-6-20(18-23)19-27-25(29)11-10-21-7-5-9-24(30-2)26(21)31-3/h4-9,18,22H,10-17,19H2,1-3H3,(H,27,29). The summed E-state index contributed by atoms with van der Waals surface area (Å²) < 4.78 is 22.2. The molecule has 1 heterocycles. The van der Waals surface area contributed by atoms with Crippen LogP contribution >= 0.6 is 0 Å². The highest BCUT2D eigenvalue weighted by atomic mass is 16.5. The maximum atomic E-state index is 12.4. The molecule has 0 bridgehead atoms. The summed E-state index contributed by atoms with van der Waals surface area (Å²) >= 11 is 0. The molecule has 3 rings (SSSR count). The number of hydrogen-bond donors (Lipinski definition) is 1. The molecule has 180 valence electrons. The Morgan fingerprint density at radius 1 is 1.12 bits per heavy atom. The van der Waals surface area contributed by atoms with Gasteiger partial charge in [-0.15, -0.1) is 0 Å². The van der Waals surface area contributed by atoms with Crippen LogP contribution in [0.2, 0.25) is 0 Å². The summed E-state index contributed by atoms with van der Waals surface area (Å²) in [5.74, 6) is 2.17. The Labute approximate surface area is 197 Å². The maximum absolute atomic E-state index is 12.4. The molecule has 7 nitrogen and oxygen atoms in total. The first-order chi connectivity index (χ1) is 16.1. The number of benzene rings is 2. The summed E-state index contributed by atoms with van der Waals surface area (Å²) in [6.07, 6.45) is 3.11. The number of nitrogens with zero attached hydrogens (tertiary/aromatic N) is 1. The van der Waals surface area contributed by atoms with Crippen molar-refractivity contribution in [3.05, 3.63) is 53.6 Å². The van der Waals surface area contributed by atoms with Gasteiger partial charge in [-0.2, -0.15) is 0 Å². The molecule has 0 aromatic heterocycles. The molecule has 0 aliphatic carbocycles. The maximum Gasteiger partial charge on any atom is 0.220 e. The van der Waals surface area contributed by atoms with E-state index in [1.165, 1.54) is 0 Å². The number of amides is 1. The number of hydrogen-bond acceptors (Lipinski definition) is 6. The van der Waals surface area contributed by atoms with Crippen molar-refractivity contribution in [3.8, 4) is 17.2 Å². The zero-order valence-electron chi connectivity index (χ0n) is 20.0. The molecule has 0 unspecified atom stereocenters. The van der Waals surface area contributed by atoms with Gasteiger partial charge in [0.25, 0.3) is 0 Å². The van der Waals surface area contributed by atoms with Crippen LogP contribution in [-0.2, 0) is 22.5 Å². The molecule has 1 amide bonds. The number of nitrogens with one attached hydrogen (secondary N) is 1. The van der Waals surface area contributed by atoms with Crippen molar-refractivity contribution in [1.82, 2.24) is 10.2 Å². The monoisotopic (exact) mass is 456 g/mol. The Morgan fingerprint density at radius 2 is 1.91 bits per heavy atom. The Bertz CT molecular complexity index is 883. The highest BCUT2D eigenvalue weighted by molar-refractivity contribution is 5.76. The Balaban J connectivity index is 1.41. The van der Waals surface area contributed by atoms with Crippen molar-refractivity contribution in [2.75, 3.05) is 47.6 Å². The van der Waals surface area contributed by atoms with Crippen molar-refractivity contribution in [2.24, 2.45) is 0 Å². The molecule has 1 N–H and O–H groups in total. The minimum absolute atomic E-state index is 0.00993. The molecule has 7 heteroatoms. The first kappa shape index (κ1) is 24.9. The lowest BCUT2D eigenvalue weighted by molar-refractivity contribution is -0.121. The molecular formula is C26H36N2O5. The van der Waals surface area contributed by atoms with Gasteiger partial charge >= 0.3 is 0 Å². The number of methoxy groups -OCH3 is 2. The molecular weight excluding hydrogens is 420 g/mol. The van der Waals surface area contributed by atoms with Crippen LogP contribution in [0.4, 0.5) is 0 Å². The number of aryl methyl sites for hydroxylation is 1. The van der Waals surface area contributed by atoms with Gasteiger partial charge in [0, 0.05) is 38.8 Å². The minimum Gasteiger partial charge on any atom is -0.493 e. The zero-order chi connectivity index (χ0) is 23.5.